The normalized spacial score (nSPS) is 19.9. The molecule has 1 aromatic carbocycles. The van der Waals surface area contributed by atoms with Crippen molar-refractivity contribution in [2.24, 2.45) is 0 Å². The molecule has 2 rings (SSSR count). The molecule has 0 aliphatic carbocycles. The summed E-state index contributed by atoms with van der Waals surface area (Å²) < 4.78 is 0.948. The molecule has 5 heteroatoms. The van der Waals surface area contributed by atoms with Gasteiger partial charge in [0, 0.05) is 15.4 Å². The van der Waals surface area contributed by atoms with Crippen LogP contribution in [0.4, 0.5) is 0 Å². The van der Waals surface area contributed by atoms with Gasteiger partial charge in [-0.05, 0) is 59.4 Å². The molecule has 3 nitrogen and oxygen atoms in total. The first-order chi connectivity index (χ1) is 8.16. The maximum Gasteiger partial charge on any atom is 0.255 e. The maximum atomic E-state index is 12.0. The largest absolute Gasteiger partial charge is 0.507 e. The van der Waals surface area contributed by atoms with E-state index in [4.69, 9.17) is 0 Å². The van der Waals surface area contributed by atoms with Crippen molar-refractivity contribution in [3.63, 3.8) is 0 Å². The molecule has 92 valence electrons. The lowest BCUT2D eigenvalue weighted by molar-refractivity contribution is 0.0936. The van der Waals surface area contributed by atoms with Crippen molar-refractivity contribution in [3.05, 3.63) is 27.3 Å². The summed E-state index contributed by atoms with van der Waals surface area (Å²) >= 11 is 4.00. The summed E-state index contributed by atoms with van der Waals surface area (Å²) in [7, 11) is 0. The molecule has 1 atom stereocenters. The van der Waals surface area contributed by atoms with Crippen molar-refractivity contribution < 1.29 is 9.90 Å². The lowest BCUT2D eigenvalue weighted by Gasteiger charge is -2.22. The van der Waals surface area contributed by atoms with E-state index in [1.807, 2.05) is 11.8 Å². The van der Waals surface area contributed by atoms with E-state index in [0.717, 1.165) is 22.2 Å². The van der Waals surface area contributed by atoms with Gasteiger partial charge in [-0.2, -0.15) is 11.8 Å². The van der Waals surface area contributed by atoms with E-state index in [9.17, 15) is 9.90 Å². The number of hydrogen-bond acceptors (Lipinski definition) is 3. The molecule has 1 fully saturated rings. The number of hydrogen-bond donors (Lipinski definition) is 2. The highest BCUT2D eigenvalue weighted by atomic mass is 127. The molecular weight excluding hydrogens is 349 g/mol. The van der Waals surface area contributed by atoms with E-state index >= 15 is 0 Å². The number of carbonyl (C=O) groups is 1. The Bertz CT molecular complexity index is 419. The Morgan fingerprint density at radius 3 is 3.06 bits per heavy atom. The minimum absolute atomic E-state index is 0.0476. The number of phenolic OH excluding ortho intramolecular Hbond substituents is 1. The van der Waals surface area contributed by atoms with Gasteiger partial charge in [-0.25, -0.2) is 0 Å². The molecule has 0 aromatic heterocycles. The maximum absolute atomic E-state index is 12.0. The molecular formula is C12H14INO2S. The van der Waals surface area contributed by atoms with Gasteiger partial charge in [0.25, 0.3) is 5.91 Å². The zero-order valence-corrected chi connectivity index (χ0v) is 12.3. The number of halogens is 1. The van der Waals surface area contributed by atoms with Crippen LogP contribution < -0.4 is 5.32 Å². The van der Waals surface area contributed by atoms with Crippen LogP contribution in [0.15, 0.2) is 18.2 Å². The second-order valence-corrected chi connectivity index (χ2v) is 6.44. The minimum atomic E-state index is -0.173. The number of phenols is 1. The van der Waals surface area contributed by atoms with Crippen LogP contribution in [0.1, 0.15) is 23.2 Å². The van der Waals surface area contributed by atoms with Gasteiger partial charge in [0.1, 0.15) is 5.75 Å². The first kappa shape index (κ1) is 13.0. The van der Waals surface area contributed by atoms with Crippen molar-refractivity contribution in [1.29, 1.82) is 0 Å². The number of rotatable bonds is 2. The zero-order valence-electron chi connectivity index (χ0n) is 9.28. The number of benzene rings is 1. The summed E-state index contributed by atoms with van der Waals surface area (Å²) in [5.74, 6) is 2.02. The number of thioether (sulfide) groups is 1. The lowest BCUT2D eigenvalue weighted by atomic mass is 10.1. The summed E-state index contributed by atoms with van der Waals surface area (Å²) in [5, 5.41) is 12.6. The number of amides is 1. The quantitative estimate of drug-likeness (QED) is 0.795. The Hall–Kier alpha value is -0.430. The van der Waals surface area contributed by atoms with E-state index in [1.54, 1.807) is 18.2 Å². The van der Waals surface area contributed by atoms with Crippen LogP contribution in [0.2, 0.25) is 0 Å². The standard InChI is InChI=1S/C12H14INO2S/c13-8-3-4-11(15)10(6-8)12(16)14-9-2-1-5-17-7-9/h3-4,6,9,15H,1-2,5,7H2,(H,14,16). The molecule has 1 aromatic rings. The van der Waals surface area contributed by atoms with Crippen LogP contribution in [0.5, 0.6) is 5.75 Å². The Morgan fingerprint density at radius 1 is 1.53 bits per heavy atom. The predicted molar refractivity (Wildman–Crippen MR) is 78.6 cm³/mol. The fraction of sp³-hybridized carbons (Fsp3) is 0.417. The van der Waals surface area contributed by atoms with Crippen LogP contribution in [0.25, 0.3) is 0 Å². The van der Waals surface area contributed by atoms with Gasteiger partial charge >= 0.3 is 0 Å². The van der Waals surface area contributed by atoms with Gasteiger partial charge in [-0.15, -0.1) is 0 Å². The van der Waals surface area contributed by atoms with Crippen LogP contribution in [0, 0.1) is 3.57 Å². The van der Waals surface area contributed by atoms with Gasteiger partial charge < -0.3 is 10.4 Å². The van der Waals surface area contributed by atoms with E-state index in [-0.39, 0.29) is 17.7 Å². The van der Waals surface area contributed by atoms with Crippen LogP contribution in [-0.4, -0.2) is 28.6 Å². The number of aromatic hydroxyl groups is 1. The van der Waals surface area contributed by atoms with Crippen molar-refractivity contribution in [2.75, 3.05) is 11.5 Å². The molecule has 1 heterocycles. The lowest BCUT2D eigenvalue weighted by Crippen LogP contribution is -2.38. The summed E-state index contributed by atoms with van der Waals surface area (Å²) in [5.41, 5.74) is 0.368. The highest BCUT2D eigenvalue weighted by molar-refractivity contribution is 14.1. The molecule has 0 bridgehead atoms. The Morgan fingerprint density at radius 2 is 2.35 bits per heavy atom. The van der Waals surface area contributed by atoms with Crippen LogP contribution >= 0.6 is 34.4 Å². The van der Waals surface area contributed by atoms with Crippen LogP contribution in [-0.2, 0) is 0 Å². The third-order valence-electron chi connectivity index (χ3n) is 2.70. The van der Waals surface area contributed by atoms with E-state index in [0.29, 0.717) is 5.56 Å². The van der Waals surface area contributed by atoms with Gasteiger partial charge in [0.05, 0.1) is 5.56 Å². The van der Waals surface area contributed by atoms with E-state index in [1.165, 1.54) is 5.75 Å². The van der Waals surface area contributed by atoms with E-state index < -0.39 is 0 Å². The zero-order chi connectivity index (χ0) is 12.3. The molecule has 1 aliphatic heterocycles. The fourth-order valence-corrected chi connectivity index (χ4v) is 3.37. The number of carbonyl (C=O) groups excluding carboxylic acids is 1. The molecule has 17 heavy (non-hydrogen) atoms. The molecule has 2 N–H and O–H groups in total. The van der Waals surface area contributed by atoms with Crippen LogP contribution in [0.3, 0.4) is 0 Å². The van der Waals surface area contributed by atoms with Crippen molar-refractivity contribution in [2.45, 2.75) is 18.9 Å². The third-order valence-corrected chi connectivity index (χ3v) is 4.59. The predicted octanol–water partition coefficient (Wildman–Crippen LogP) is 2.62. The third kappa shape index (κ3) is 3.51. The molecule has 1 aliphatic rings. The van der Waals surface area contributed by atoms with Gasteiger partial charge in [-0.3, -0.25) is 4.79 Å². The molecule has 0 radical (unpaired) electrons. The Balaban J connectivity index is 2.05. The average molecular weight is 363 g/mol. The fourth-order valence-electron chi connectivity index (χ4n) is 1.81. The molecule has 1 saturated heterocycles. The van der Waals surface area contributed by atoms with Crippen molar-refractivity contribution in [1.82, 2.24) is 5.32 Å². The average Bonchev–Trinajstić information content (AvgIpc) is 2.33. The summed E-state index contributed by atoms with van der Waals surface area (Å²) in [6, 6.07) is 5.29. The highest BCUT2D eigenvalue weighted by Gasteiger charge is 2.18. The van der Waals surface area contributed by atoms with Gasteiger partial charge in [0.2, 0.25) is 0 Å². The second kappa shape index (κ2) is 5.95. The molecule has 1 unspecified atom stereocenters. The van der Waals surface area contributed by atoms with Crippen molar-refractivity contribution >= 4 is 40.3 Å². The molecule has 0 spiro atoms. The van der Waals surface area contributed by atoms with E-state index in [2.05, 4.69) is 27.9 Å². The summed E-state index contributed by atoms with van der Waals surface area (Å²) in [4.78, 5) is 12.0. The Labute approximate surface area is 119 Å². The first-order valence-electron chi connectivity index (χ1n) is 5.54. The minimum Gasteiger partial charge on any atom is -0.507 e. The van der Waals surface area contributed by atoms with Gasteiger partial charge in [0.15, 0.2) is 0 Å². The Kier molecular flexibility index (Phi) is 4.55. The summed E-state index contributed by atoms with van der Waals surface area (Å²) in [6.45, 7) is 0. The molecule has 0 saturated carbocycles. The second-order valence-electron chi connectivity index (χ2n) is 4.05. The first-order valence-corrected chi connectivity index (χ1v) is 7.77. The highest BCUT2D eigenvalue weighted by Crippen LogP contribution is 2.21. The molecule has 1 amide bonds. The summed E-state index contributed by atoms with van der Waals surface area (Å²) in [6.07, 6.45) is 2.18. The van der Waals surface area contributed by atoms with Crippen molar-refractivity contribution in [3.8, 4) is 5.75 Å². The topological polar surface area (TPSA) is 49.3 Å². The number of nitrogens with one attached hydrogen (secondary N) is 1. The van der Waals surface area contributed by atoms with Gasteiger partial charge in [-0.1, -0.05) is 0 Å². The SMILES string of the molecule is O=C(NC1CCCSC1)c1cc(I)ccc1O. The smallest absolute Gasteiger partial charge is 0.255 e. The monoisotopic (exact) mass is 363 g/mol.